The van der Waals surface area contributed by atoms with Gasteiger partial charge < -0.3 is 5.32 Å². The number of halogens is 1. The average molecular weight is 417 g/mol. The second kappa shape index (κ2) is 8.94. The van der Waals surface area contributed by atoms with Crippen LogP contribution in [0.5, 0.6) is 0 Å². The molecule has 6 nitrogen and oxygen atoms in total. The molecule has 0 radical (unpaired) electrons. The number of thioether (sulfide) groups is 1. The minimum absolute atomic E-state index is 0.276. The molecule has 0 spiro atoms. The van der Waals surface area contributed by atoms with Crippen molar-refractivity contribution >= 4 is 45.7 Å². The van der Waals surface area contributed by atoms with E-state index in [1.54, 1.807) is 47.6 Å². The van der Waals surface area contributed by atoms with Gasteiger partial charge in [-0.1, -0.05) is 6.92 Å². The van der Waals surface area contributed by atoms with Crippen LogP contribution in [0.15, 0.2) is 46.9 Å². The predicted molar refractivity (Wildman–Crippen MR) is 110 cm³/mol. The smallest absolute Gasteiger partial charge is 0.257 e. The molecular weight excluding hydrogens is 399 g/mol. The fourth-order valence-electron chi connectivity index (χ4n) is 2.41. The van der Waals surface area contributed by atoms with Crippen molar-refractivity contribution in [1.82, 2.24) is 9.97 Å². The molecule has 0 saturated carbocycles. The predicted octanol–water partition coefficient (Wildman–Crippen LogP) is 4.67. The third-order valence-electron chi connectivity index (χ3n) is 3.58. The third-order valence-corrected chi connectivity index (χ3v) is 5.14. The van der Waals surface area contributed by atoms with Crippen LogP contribution in [0.3, 0.4) is 0 Å². The van der Waals surface area contributed by atoms with Crippen molar-refractivity contribution in [2.45, 2.75) is 18.9 Å². The standard InChI is InChI=1S/C19H17FN4O2S2/c1-3-27-17-8-12(6-7-21-17)18(26)24-19-23-16(10-28-19)14-5-4-13(9-15(14)20)22-11(2)25/h4-10H,3H2,1-2H3,(H,22,25)(H,23,24,26). The number of thiazole rings is 1. The van der Waals surface area contributed by atoms with Crippen LogP contribution in [0.1, 0.15) is 24.2 Å². The van der Waals surface area contributed by atoms with Crippen LogP contribution >= 0.6 is 23.1 Å². The number of aromatic nitrogens is 2. The van der Waals surface area contributed by atoms with Crippen molar-refractivity contribution in [2.75, 3.05) is 16.4 Å². The quantitative estimate of drug-likeness (QED) is 0.571. The Morgan fingerprint density at radius 3 is 2.75 bits per heavy atom. The van der Waals surface area contributed by atoms with E-state index in [0.717, 1.165) is 10.8 Å². The zero-order valence-electron chi connectivity index (χ0n) is 15.2. The summed E-state index contributed by atoms with van der Waals surface area (Å²) in [5.74, 6) is -0.227. The van der Waals surface area contributed by atoms with Crippen molar-refractivity contribution in [3.63, 3.8) is 0 Å². The highest BCUT2D eigenvalue weighted by Gasteiger charge is 2.14. The van der Waals surface area contributed by atoms with Crippen LogP contribution in [0, 0.1) is 5.82 Å². The van der Waals surface area contributed by atoms with Gasteiger partial charge in [-0.2, -0.15) is 0 Å². The van der Waals surface area contributed by atoms with Gasteiger partial charge in [-0.3, -0.25) is 14.9 Å². The summed E-state index contributed by atoms with van der Waals surface area (Å²) < 4.78 is 14.4. The van der Waals surface area contributed by atoms with Gasteiger partial charge in [0.2, 0.25) is 5.91 Å². The first kappa shape index (κ1) is 20.0. The third kappa shape index (κ3) is 4.93. The molecule has 144 valence electrons. The summed E-state index contributed by atoms with van der Waals surface area (Å²) in [4.78, 5) is 32.0. The van der Waals surface area contributed by atoms with E-state index in [0.29, 0.717) is 22.1 Å². The van der Waals surface area contributed by atoms with Crippen molar-refractivity contribution in [1.29, 1.82) is 0 Å². The maximum absolute atomic E-state index is 14.4. The van der Waals surface area contributed by atoms with E-state index >= 15 is 0 Å². The fourth-order valence-corrected chi connectivity index (χ4v) is 3.75. The maximum atomic E-state index is 14.4. The van der Waals surface area contributed by atoms with E-state index in [1.807, 2.05) is 6.92 Å². The summed E-state index contributed by atoms with van der Waals surface area (Å²) in [7, 11) is 0. The Balaban J connectivity index is 1.74. The van der Waals surface area contributed by atoms with Gasteiger partial charge in [-0.05, 0) is 36.1 Å². The van der Waals surface area contributed by atoms with Crippen LogP contribution in [0.2, 0.25) is 0 Å². The number of nitrogens with one attached hydrogen (secondary N) is 2. The minimum atomic E-state index is -0.509. The monoisotopic (exact) mass is 416 g/mol. The molecule has 0 aliphatic carbocycles. The molecule has 28 heavy (non-hydrogen) atoms. The molecular formula is C19H17FN4O2S2. The number of amides is 2. The van der Waals surface area contributed by atoms with Crippen LogP contribution in [-0.4, -0.2) is 27.5 Å². The summed E-state index contributed by atoms with van der Waals surface area (Å²) in [5.41, 5.74) is 1.55. The van der Waals surface area contributed by atoms with Gasteiger partial charge in [-0.15, -0.1) is 23.1 Å². The Morgan fingerprint density at radius 1 is 1.21 bits per heavy atom. The van der Waals surface area contributed by atoms with Gasteiger partial charge in [-0.25, -0.2) is 14.4 Å². The highest BCUT2D eigenvalue weighted by Crippen LogP contribution is 2.29. The highest BCUT2D eigenvalue weighted by molar-refractivity contribution is 7.99. The zero-order chi connectivity index (χ0) is 20.1. The summed E-state index contributed by atoms with van der Waals surface area (Å²) in [5, 5.41) is 8.06. The Hall–Kier alpha value is -2.78. The Labute approximate surface area is 169 Å². The number of anilines is 2. The SMILES string of the molecule is CCSc1cc(C(=O)Nc2nc(-c3ccc(NC(C)=O)cc3F)cs2)ccn1. The molecule has 0 aliphatic heterocycles. The molecule has 2 N–H and O–H groups in total. The van der Waals surface area contributed by atoms with Gasteiger partial charge in [0.1, 0.15) is 5.82 Å². The first-order chi connectivity index (χ1) is 13.5. The Kier molecular flexibility index (Phi) is 6.37. The summed E-state index contributed by atoms with van der Waals surface area (Å²) in [6.07, 6.45) is 1.59. The lowest BCUT2D eigenvalue weighted by molar-refractivity contribution is -0.114. The van der Waals surface area contributed by atoms with E-state index < -0.39 is 5.82 Å². The molecule has 0 saturated heterocycles. The number of hydrogen-bond acceptors (Lipinski definition) is 6. The molecule has 3 aromatic rings. The van der Waals surface area contributed by atoms with E-state index in [9.17, 15) is 14.0 Å². The number of benzene rings is 1. The normalized spacial score (nSPS) is 10.5. The Morgan fingerprint density at radius 2 is 2.04 bits per heavy atom. The molecule has 0 unspecified atom stereocenters. The molecule has 2 heterocycles. The molecule has 9 heteroatoms. The second-order valence-electron chi connectivity index (χ2n) is 5.68. The van der Waals surface area contributed by atoms with Crippen LogP contribution in [0.25, 0.3) is 11.3 Å². The van der Waals surface area contributed by atoms with Gasteiger partial charge in [0.15, 0.2) is 5.13 Å². The lowest BCUT2D eigenvalue weighted by Gasteiger charge is -2.05. The molecule has 3 rings (SSSR count). The van der Waals surface area contributed by atoms with Crippen LogP contribution < -0.4 is 10.6 Å². The first-order valence-electron chi connectivity index (χ1n) is 8.39. The van der Waals surface area contributed by atoms with E-state index in [-0.39, 0.29) is 17.4 Å². The molecule has 0 bridgehead atoms. The maximum Gasteiger partial charge on any atom is 0.257 e. The van der Waals surface area contributed by atoms with Crippen molar-refractivity contribution < 1.29 is 14.0 Å². The topological polar surface area (TPSA) is 84.0 Å². The van der Waals surface area contributed by atoms with E-state index in [4.69, 9.17) is 0 Å². The number of hydrogen-bond donors (Lipinski definition) is 2. The van der Waals surface area contributed by atoms with Gasteiger partial charge in [0.05, 0.1) is 10.7 Å². The molecule has 2 amide bonds. The molecule has 2 aromatic heterocycles. The van der Waals surface area contributed by atoms with Gasteiger partial charge in [0.25, 0.3) is 5.91 Å². The lowest BCUT2D eigenvalue weighted by Crippen LogP contribution is -2.12. The summed E-state index contributed by atoms with van der Waals surface area (Å²) in [6, 6.07) is 7.72. The number of carbonyl (C=O) groups is 2. The second-order valence-corrected chi connectivity index (χ2v) is 7.83. The highest BCUT2D eigenvalue weighted by atomic mass is 32.2. The largest absolute Gasteiger partial charge is 0.326 e. The molecule has 0 atom stereocenters. The summed E-state index contributed by atoms with van der Waals surface area (Å²) >= 11 is 2.75. The van der Waals surface area contributed by atoms with Crippen molar-refractivity contribution in [2.24, 2.45) is 0 Å². The number of carbonyl (C=O) groups excluding carboxylic acids is 2. The molecule has 0 fully saturated rings. The number of pyridine rings is 1. The van der Waals surface area contributed by atoms with E-state index in [2.05, 4.69) is 20.6 Å². The Bertz CT molecular complexity index is 1020. The fraction of sp³-hybridized carbons (Fsp3) is 0.158. The van der Waals surface area contributed by atoms with Crippen molar-refractivity contribution in [3.8, 4) is 11.3 Å². The van der Waals surface area contributed by atoms with Crippen LogP contribution in [0.4, 0.5) is 15.2 Å². The molecule has 1 aromatic carbocycles. The summed E-state index contributed by atoms with van der Waals surface area (Å²) in [6.45, 7) is 3.37. The average Bonchev–Trinajstić information content (AvgIpc) is 3.10. The number of nitrogens with zero attached hydrogens (tertiary/aromatic N) is 2. The van der Waals surface area contributed by atoms with Crippen LogP contribution in [-0.2, 0) is 4.79 Å². The molecule has 0 aliphatic rings. The van der Waals surface area contributed by atoms with Gasteiger partial charge in [0, 0.05) is 35.3 Å². The van der Waals surface area contributed by atoms with Crippen molar-refractivity contribution in [3.05, 3.63) is 53.3 Å². The zero-order valence-corrected chi connectivity index (χ0v) is 16.8. The minimum Gasteiger partial charge on any atom is -0.326 e. The lowest BCUT2D eigenvalue weighted by atomic mass is 10.1. The first-order valence-corrected chi connectivity index (χ1v) is 10.3. The number of rotatable bonds is 6. The van der Waals surface area contributed by atoms with E-state index in [1.165, 1.54) is 24.3 Å². The van der Waals surface area contributed by atoms with Gasteiger partial charge >= 0.3 is 0 Å².